The maximum atomic E-state index is 14.8. The molecule has 4 aliphatic heterocycles. The molecule has 0 N–H and O–H groups in total. The normalized spacial score (nSPS) is 29.5. The predicted molar refractivity (Wildman–Crippen MR) is 171 cm³/mol. The molecule has 4 heterocycles. The molecule has 2 fully saturated rings. The molecule has 4 atom stereocenters. The third kappa shape index (κ3) is 4.60. The Kier molecular flexibility index (Phi) is 8.79. The van der Waals surface area contributed by atoms with Crippen molar-refractivity contribution in [3.8, 4) is 0 Å². The lowest BCUT2D eigenvalue weighted by molar-refractivity contribution is -0.162. The second-order valence-electron chi connectivity index (χ2n) is 14.5. The molecule has 1 aromatic carbocycles. The Labute approximate surface area is 263 Å². The van der Waals surface area contributed by atoms with Crippen LogP contribution in [0.2, 0.25) is 0 Å². The number of hydrogen-bond acceptors (Lipinski definition) is 6. The van der Waals surface area contributed by atoms with Crippen molar-refractivity contribution in [2.75, 3.05) is 53.4 Å². The van der Waals surface area contributed by atoms with E-state index < -0.39 is 10.8 Å². The van der Waals surface area contributed by atoms with E-state index in [0.717, 1.165) is 38.5 Å². The summed E-state index contributed by atoms with van der Waals surface area (Å²) in [5.74, 6) is -0.933. The molecule has 8 nitrogen and oxygen atoms in total. The Morgan fingerprint density at radius 1 is 0.591 bits per heavy atom. The minimum absolute atomic E-state index is 0.0975. The van der Waals surface area contributed by atoms with Gasteiger partial charge in [-0.05, 0) is 62.0 Å². The Morgan fingerprint density at radius 2 is 0.955 bits per heavy atom. The maximum Gasteiger partial charge on any atom is 0.260 e. The molecule has 0 aromatic heterocycles. The average Bonchev–Trinajstić information content (AvgIpc) is 3.00. The number of unbranched alkanes of at least 4 members (excludes halogenated alkanes) is 10. The highest BCUT2D eigenvalue weighted by molar-refractivity contribution is 6.19. The van der Waals surface area contributed by atoms with Crippen molar-refractivity contribution in [2.24, 2.45) is 11.8 Å². The van der Waals surface area contributed by atoms with Crippen LogP contribution in [-0.2, 0) is 20.4 Å². The summed E-state index contributed by atoms with van der Waals surface area (Å²) in [6, 6.07) is 3.61. The van der Waals surface area contributed by atoms with Gasteiger partial charge < -0.3 is 9.80 Å². The van der Waals surface area contributed by atoms with Crippen molar-refractivity contribution in [3.05, 3.63) is 34.4 Å². The van der Waals surface area contributed by atoms with E-state index in [9.17, 15) is 19.2 Å². The van der Waals surface area contributed by atoms with Gasteiger partial charge in [-0.1, -0.05) is 78.1 Å². The molecule has 1 aliphatic carbocycles. The number of carbonyl (C=O) groups is 4. The van der Waals surface area contributed by atoms with Crippen molar-refractivity contribution >= 4 is 23.6 Å². The standard InChI is InChI=1S/C36H52N4O4/c1-5-7-9-11-13-15-19-39-31(41)25-17-18-26-30-29(25)35(33(39)43)23-37(3)22-28-27(35)21-38(4)24-36(28,30)34(44)40(32(26)42)20-16-14-12-10-8-6-2/h17-18,27-28H,5-16,19-24H2,1-4H3/t27-,28-,35-,36-/m0/s1. The number of rotatable bonds is 14. The van der Waals surface area contributed by atoms with Crippen LogP contribution in [0.25, 0.3) is 0 Å². The van der Waals surface area contributed by atoms with Gasteiger partial charge in [0.25, 0.3) is 11.8 Å². The number of amides is 4. The fraction of sp³-hybridized carbons (Fsp3) is 0.722. The van der Waals surface area contributed by atoms with Gasteiger partial charge in [-0.2, -0.15) is 0 Å². The zero-order valence-corrected chi connectivity index (χ0v) is 27.5. The molecular formula is C36H52N4O4. The lowest BCUT2D eigenvalue weighted by Crippen LogP contribution is -2.79. The Hall–Kier alpha value is -2.58. The zero-order valence-electron chi connectivity index (χ0n) is 27.5. The number of likely N-dealkylation sites (N-methyl/N-ethyl adjacent to an activating group) is 2. The van der Waals surface area contributed by atoms with Crippen molar-refractivity contribution < 1.29 is 19.2 Å². The summed E-state index contributed by atoms with van der Waals surface area (Å²) in [6.07, 6.45) is 13.0. The van der Waals surface area contributed by atoms with E-state index in [2.05, 4.69) is 23.6 Å². The molecule has 5 aliphatic rings. The zero-order chi connectivity index (χ0) is 31.2. The highest BCUT2D eigenvalue weighted by Crippen LogP contribution is 2.63. The van der Waals surface area contributed by atoms with Gasteiger partial charge in [0.2, 0.25) is 11.8 Å². The van der Waals surface area contributed by atoms with E-state index in [1.165, 1.54) is 48.3 Å². The van der Waals surface area contributed by atoms with E-state index in [1.807, 2.05) is 14.1 Å². The quantitative estimate of drug-likeness (QED) is 0.220. The van der Waals surface area contributed by atoms with Gasteiger partial charge in [0.05, 0.1) is 10.8 Å². The Bertz CT molecular complexity index is 1230. The van der Waals surface area contributed by atoms with Crippen LogP contribution in [0.5, 0.6) is 0 Å². The van der Waals surface area contributed by atoms with E-state index in [0.29, 0.717) is 61.5 Å². The average molecular weight is 605 g/mol. The molecule has 0 unspecified atom stereocenters. The highest BCUT2D eigenvalue weighted by Gasteiger charge is 2.73. The number of imide groups is 2. The van der Waals surface area contributed by atoms with Crippen LogP contribution in [-0.4, -0.2) is 96.6 Å². The molecule has 44 heavy (non-hydrogen) atoms. The number of piperidine rings is 2. The van der Waals surface area contributed by atoms with Crippen LogP contribution in [0.1, 0.15) is 123 Å². The monoisotopic (exact) mass is 604 g/mol. The van der Waals surface area contributed by atoms with Crippen LogP contribution >= 0.6 is 0 Å². The Balaban J connectivity index is 1.42. The molecular weight excluding hydrogens is 552 g/mol. The molecule has 4 amide bonds. The number of benzene rings is 1. The maximum absolute atomic E-state index is 14.8. The first-order valence-electron chi connectivity index (χ1n) is 17.5. The number of likely N-dealkylation sites (tertiary alicyclic amines) is 2. The topological polar surface area (TPSA) is 81.2 Å². The smallest absolute Gasteiger partial charge is 0.260 e. The predicted octanol–water partition coefficient (Wildman–Crippen LogP) is 4.98. The molecule has 240 valence electrons. The molecule has 0 radical (unpaired) electrons. The minimum Gasteiger partial charge on any atom is -0.305 e. The lowest BCUT2D eigenvalue weighted by Gasteiger charge is -2.67. The van der Waals surface area contributed by atoms with Crippen molar-refractivity contribution in [1.29, 1.82) is 0 Å². The number of hydrogen-bond donors (Lipinski definition) is 0. The van der Waals surface area contributed by atoms with Gasteiger partial charge in [-0.25, -0.2) is 0 Å². The third-order valence-electron chi connectivity index (χ3n) is 11.6. The Morgan fingerprint density at radius 3 is 1.34 bits per heavy atom. The second-order valence-corrected chi connectivity index (χ2v) is 14.5. The molecule has 6 rings (SSSR count). The van der Waals surface area contributed by atoms with Gasteiger partial charge in [0.1, 0.15) is 0 Å². The van der Waals surface area contributed by atoms with E-state index in [-0.39, 0.29) is 35.5 Å². The first-order chi connectivity index (χ1) is 21.2. The van der Waals surface area contributed by atoms with Gasteiger partial charge in [-0.3, -0.25) is 29.0 Å². The van der Waals surface area contributed by atoms with Crippen LogP contribution in [0.15, 0.2) is 12.1 Å². The molecule has 0 saturated carbocycles. The van der Waals surface area contributed by atoms with E-state index >= 15 is 0 Å². The number of nitrogens with zero attached hydrogens (tertiary/aromatic N) is 4. The molecule has 1 aromatic rings. The van der Waals surface area contributed by atoms with Crippen molar-refractivity contribution in [3.63, 3.8) is 0 Å². The summed E-state index contributed by atoms with van der Waals surface area (Å²) in [6.45, 7) is 7.66. The van der Waals surface area contributed by atoms with E-state index in [1.54, 1.807) is 12.1 Å². The molecule has 8 heteroatoms. The van der Waals surface area contributed by atoms with Gasteiger partial charge >= 0.3 is 0 Å². The van der Waals surface area contributed by atoms with Gasteiger partial charge in [-0.15, -0.1) is 0 Å². The fourth-order valence-electron chi connectivity index (χ4n) is 9.68. The summed E-state index contributed by atoms with van der Waals surface area (Å²) in [5, 5.41) is 0. The second kappa shape index (κ2) is 12.3. The first kappa shape index (κ1) is 31.4. The van der Waals surface area contributed by atoms with E-state index in [4.69, 9.17) is 0 Å². The largest absolute Gasteiger partial charge is 0.305 e. The van der Waals surface area contributed by atoms with Crippen LogP contribution in [0.3, 0.4) is 0 Å². The van der Waals surface area contributed by atoms with Crippen LogP contribution in [0, 0.1) is 11.8 Å². The summed E-state index contributed by atoms with van der Waals surface area (Å²) in [7, 11) is 4.10. The fourth-order valence-corrected chi connectivity index (χ4v) is 9.68. The van der Waals surface area contributed by atoms with Crippen LogP contribution in [0.4, 0.5) is 0 Å². The lowest BCUT2D eigenvalue weighted by atomic mass is 9.43. The summed E-state index contributed by atoms with van der Waals surface area (Å²) < 4.78 is 0. The molecule has 2 saturated heterocycles. The first-order valence-corrected chi connectivity index (χ1v) is 17.5. The van der Waals surface area contributed by atoms with Gasteiger partial charge in [0.15, 0.2) is 0 Å². The van der Waals surface area contributed by atoms with Crippen molar-refractivity contribution in [2.45, 2.75) is 102 Å². The summed E-state index contributed by atoms with van der Waals surface area (Å²) in [4.78, 5) is 65.5. The molecule has 4 bridgehead atoms. The van der Waals surface area contributed by atoms with Gasteiger partial charge in [0, 0.05) is 50.4 Å². The molecule has 2 spiro atoms. The summed E-state index contributed by atoms with van der Waals surface area (Å²) >= 11 is 0. The number of carbonyl (C=O) groups excluding carboxylic acids is 4. The highest BCUT2D eigenvalue weighted by atomic mass is 16.2. The third-order valence-corrected chi connectivity index (χ3v) is 11.6. The van der Waals surface area contributed by atoms with Crippen LogP contribution < -0.4 is 0 Å². The SMILES string of the molecule is CCCCCCCCN1C(=O)c2ccc3c4c2[C@@]2(CN(C)C[C@H]5[C@@H]2CN(C)C[C@@]45C(=O)N(CCCCCCCC)C3=O)C1=O. The van der Waals surface area contributed by atoms with Crippen molar-refractivity contribution in [1.82, 2.24) is 19.6 Å². The summed E-state index contributed by atoms with van der Waals surface area (Å²) in [5.41, 5.74) is 0.625. The minimum atomic E-state index is -0.936.